The Morgan fingerprint density at radius 3 is 2.75 bits per heavy atom. The molecule has 0 radical (unpaired) electrons. The maximum absolute atomic E-state index is 12.0. The average Bonchev–Trinajstić information content (AvgIpc) is 3.22. The van der Waals surface area contributed by atoms with Gasteiger partial charge in [0.2, 0.25) is 5.91 Å². The molecule has 2 unspecified atom stereocenters. The molecular formula is C22H34N4O2. The van der Waals surface area contributed by atoms with Crippen molar-refractivity contribution in [2.45, 2.75) is 57.6 Å². The van der Waals surface area contributed by atoms with E-state index in [1.54, 1.807) is 19.0 Å². The number of carbonyl (C=O) groups excluding carboxylic acids is 1. The van der Waals surface area contributed by atoms with Crippen molar-refractivity contribution < 1.29 is 9.53 Å². The number of aliphatic imine (C=N–C) groups is 1. The molecule has 2 aliphatic rings. The van der Waals surface area contributed by atoms with E-state index < -0.39 is 0 Å². The summed E-state index contributed by atoms with van der Waals surface area (Å²) in [6.07, 6.45) is 7.33. The summed E-state index contributed by atoms with van der Waals surface area (Å²) < 4.78 is 5.70. The first-order chi connectivity index (χ1) is 13.5. The second-order valence-corrected chi connectivity index (χ2v) is 8.07. The van der Waals surface area contributed by atoms with Gasteiger partial charge in [0.25, 0.3) is 0 Å². The third-order valence-electron chi connectivity index (χ3n) is 5.62. The summed E-state index contributed by atoms with van der Waals surface area (Å²) in [5.41, 5.74) is 4.22. The molecule has 0 aromatic heterocycles. The summed E-state index contributed by atoms with van der Waals surface area (Å²) in [7, 11) is 3.50. The minimum Gasteiger partial charge on any atom is -0.376 e. The van der Waals surface area contributed by atoms with Crippen molar-refractivity contribution in [2.24, 2.45) is 4.99 Å². The van der Waals surface area contributed by atoms with Crippen LogP contribution in [0.1, 0.15) is 55.3 Å². The predicted octanol–water partition coefficient (Wildman–Crippen LogP) is 2.43. The minimum atomic E-state index is -0.0142. The van der Waals surface area contributed by atoms with E-state index in [1.807, 2.05) is 0 Å². The molecule has 2 atom stereocenters. The molecule has 1 aromatic carbocycles. The van der Waals surface area contributed by atoms with Crippen LogP contribution in [-0.2, 0) is 22.4 Å². The fraction of sp³-hybridized carbons (Fsp3) is 0.636. The molecule has 1 aliphatic carbocycles. The highest BCUT2D eigenvalue weighted by Gasteiger charge is 2.18. The summed E-state index contributed by atoms with van der Waals surface area (Å²) in [6.45, 7) is 3.81. The monoisotopic (exact) mass is 386 g/mol. The fourth-order valence-corrected chi connectivity index (χ4v) is 3.77. The lowest BCUT2D eigenvalue weighted by molar-refractivity contribution is -0.127. The van der Waals surface area contributed by atoms with E-state index in [9.17, 15) is 4.79 Å². The normalized spacial score (nSPS) is 20.4. The Labute approximate surface area is 168 Å². The van der Waals surface area contributed by atoms with Gasteiger partial charge in [0.1, 0.15) is 6.54 Å². The van der Waals surface area contributed by atoms with E-state index in [2.05, 4.69) is 40.7 Å². The lowest BCUT2D eigenvalue weighted by atomic mass is 9.89. The van der Waals surface area contributed by atoms with E-state index in [0.29, 0.717) is 12.5 Å². The van der Waals surface area contributed by atoms with Gasteiger partial charge in [0.15, 0.2) is 5.96 Å². The SMILES string of the molecule is CC(NC(=NCC(=O)N(C)C)NCC1CCCO1)c1ccc2c(c1)CCCC2. The van der Waals surface area contributed by atoms with Crippen LogP contribution in [0.2, 0.25) is 0 Å². The summed E-state index contributed by atoms with van der Waals surface area (Å²) in [6, 6.07) is 6.92. The number of guanidine groups is 1. The number of hydrogen-bond acceptors (Lipinski definition) is 3. The molecule has 3 rings (SSSR count). The third-order valence-corrected chi connectivity index (χ3v) is 5.62. The maximum Gasteiger partial charge on any atom is 0.243 e. The summed E-state index contributed by atoms with van der Waals surface area (Å²) in [5, 5.41) is 6.83. The molecule has 28 heavy (non-hydrogen) atoms. The third kappa shape index (κ3) is 5.71. The molecule has 1 aliphatic heterocycles. The van der Waals surface area contributed by atoms with Gasteiger partial charge >= 0.3 is 0 Å². The predicted molar refractivity (Wildman–Crippen MR) is 113 cm³/mol. The highest BCUT2D eigenvalue weighted by molar-refractivity contribution is 5.85. The van der Waals surface area contributed by atoms with Crippen LogP contribution in [0.3, 0.4) is 0 Å². The van der Waals surface area contributed by atoms with Crippen molar-refractivity contribution in [3.8, 4) is 0 Å². The molecule has 1 amide bonds. The molecule has 0 spiro atoms. The number of benzene rings is 1. The van der Waals surface area contributed by atoms with Gasteiger partial charge in [-0.15, -0.1) is 0 Å². The van der Waals surface area contributed by atoms with Crippen LogP contribution in [0.15, 0.2) is 23.2 Å². The second-order valence-electron chi connectivity index (χ2n) is 8.07. The van der Waals surface area contributed by atoms with E-state index in [4.69, 9.17) is 4.74 Å². The fourth-order valence-electron chi connectivity index (χ4n) is 3.77. The first-order valence-corrected chi connectivity index (χ1v) is 10.5. The van der Waals surface area contributed by atoms with Crippen LogP contribution in [0.25, 0.3) is 0 Å². The molecule has 6 nitrogen and oxygen atoms in total. The van der Waals surface area contributed by atoms with Crippen LogP contribution >= 0.6 is 0 Å². The Balaban J connectivity index is 1.66. The number of ether oxygens (including phenoxy) is 1. The van der Waals surface area contributed by atoms with Crippen LogP contribution < -0.4 is 10.6 Å². The van der Waals surface area contributed by atoms with Gasteiger partial charge in [0, 0.05) is 27.2 Å². The zero-order chi connectivity index (χ0) is 19.9. The smallest absolute Gasteiger partial charge is 0.243 e. The van der Waals surface area contributed by atoms with Gasteiger partial charge in [-0.05, 0) is 62.1 Å². The minimum absolute atomic E-state index is 0.0142. The Hall–Kier alpha value is -2.08. The van der Waals surface area contributed by atoms with Gasteiger partial charge in [-0.2, -0.15) is 0 Å². The van der Waals surface area contributed by atoms with Crippen molar-refractivity contribution in [3.63, 3.8) is 0 Å². The Bertz CT molecular complexity index is 696. The number of likely N-dealkylation sites (N-methyl/N-ethyl adjacent to an activating group) is 1. The number of rotatable bonds is 6. The van der Waals surface area contributed by atoms with E-state index in [1.165, 1.54) is 42.4 Å². The van der Waals surface area contributed by atoms with E-state index in [0.717, 1.165) is 19.4 Å². The number of fused-ring (bicyclic) bond motifs is 1. The molecule has 1 aromatic rings. The molecule has 0 bridgehead atoms. The van der Waals surface area contributed by atoms with Crippen molar-refractivity contribution in [1.82, 2.24) is 15.5 Å². The quantitative estimate of drug-likeness (QED) is 0.582. The number of nitrogens with zero attached hydrogens (tertiary/aromatic N) is 2. The molecular weight excluding hydrogens is 352 g/mol. The molecule has 6 heteroatoms. The lowest BCUT2D eigenvalue weighted by Crippen LogP contribution is -2.42. The first kappa shape index (κ1) is 20.6. The Kier molecular flexibility index (Phi) is 7.31. The molecule has 2 N–H and O–H groups in total. The van der Waals surface area contributed by atoms with E-state index in [-0.39, 0.29) is 24.6 Å². The van der Waals surface area contributed by atoms with Gasteiger partial charge in [-0.25, -0.2) is 4.99 Å². The molecule has 1 heterocycles. The molecule has 154 valence electrons. The Morgan fingerprint density at radius 1 is 1.25 bits per heavy atom. The summed E-state index contributed by atoms with van der Waals surface area (Å²) in [4.78, 5) is 18.0. The number of aryl methyl sites for hydroxylation is 2. The topological polar surface area (TPSA) is 66.0 Å². The first-order valence-electron chi connectivity index (χ1n) is 10.5. The van der Waals surface area contributed by atoms with Gasteiger partial charge in [0.05, 0.1) is 12.1 Å². The number of hydrogen-bond donors (Lipinski definition) is 2. The number of amides is 1. The lowest BCUT2D eigenvalue weighted by Gasteiger charge is -2.22. The maximum atomic E-state index is 12.0. The van der Waals surface area contributed by atoms with Crippen molar-refractivity contribution in [3.05, 3.63) is 34.9 Å². The average molecular weight is 387 g/mol. The molecule has 0 saturated carbocycles. The molecule has 1 saturated heterocycles. The Morgan fingerprint density at radius 2 is 2.04 bits per heavy atom. The molecule has 1 fully saturated rings. The van der Waals surface area contributed by atoms with E-state index >= 15 is 0 Å². The largest absolute Gasteiger partial charge is 0.376 e. The second kappa shape index (κ2) is 9.92. The highest BCUT2D eigenvalue weighted by Crippen LogP contribution is 2.24. The number of nitrogens with one attached hydrogen (secondary N) is 2. The summed E-state index contributed by atoms with van der Waals surface area (Å²) in [5.74, 6) is 0.649. The van der Waals surface area contributed by atoms with Crippen LogP contribution in [0, 0.1) is 0 Å². The zero-order valence-corrected chi connectivity index (χ0v) is 17.5. The van der Waals surface area contributed by atoms with Crippen LogP contribution in [-0.4, -0.2) is 56.7 Å². The van der Waals surface area contributed by atoms with Gasteiger partial charge in [-0.3, -0.25) is 4.79 Å². The van der Waals surface area contributed by atoms with Crippen molar-refractivity contribution in [1.29, 1.82) is 0 Å². The van der Waals surface area contributed by atoms with Crippen LogP contribution in [0.5, 0.6) is 0 Å². The van der Waals surface area contributed by atoms with Gasteiger partial charge < -0.3 is 20.3 Å². The summed E-state index contributed by atoms with van der Waals surface area (Å²) >= 11 is 0. The van der Waals surface area contributed by atoms with Crippen LogP contribution in [0.4, 0.5) is 0 Å². The number of carbonyl (C=O) groups is 1. The standard InChI is InChI=1S/C22H34N4O2/c1-16(18-11-10-17-7-4-5-8-19(17)13-18)25-22(24-15-21(27)26(2)3)23-14-20-9-6-12-28-20/h10-11,13,16,20H,4-9,12,14-15H2,1-3H3,(H2,23,24,25). The van der Waals surface area contributed by atoms with Crippen molar-refractivity contribution in [2.75, 3.05) is 33.8 Å². The highest BCUT2D eigenvalue weighted by atomic mass is 16.5. The zero-order valence-electron chi connectivity index (χ0n) is 17.5. The van der Waals surface area contributed by atoms with Gasteiger partial charge in [-0.1, -0.05) is 18.2 Å². The van der Waals surface area contributed by atoms with Crippen molar-refractivity contribution >= 4 is 11.9 Å².